The van der Waals surface area contributed by atoms with Crippen molar-refractivity contribution in [3.05, 3.63) is 48.2 Å². The first-order valence-electron chi connectivity index (χ1n) is 11.3. The van der Waals surface area contributed by atoms with E-state index in [1.54, 1.807) is 0 Å². The third-order valence-electron chi connectivity index (χ3n) is 6.44. The van der Waals surface area contributed by atoms with E-state index in [1.165, 1.54) is 19.4 Å². The molecule has 1 aliphatic carbocycles. The van der Waals surface area contributed by atoms with Crippen LogP contribution in [0.3, 0.4) is 0 Å². The quantitative estimate of drug-likeness (QED) is 0.598. The Balaban J connectivity index is 1.37. The summed E-state index contributed by atoms with van der Waals surface area (Å²) in [6.07, 6.45) is 5.55. The highest BCUT2D eigenvalue weighted by molar-refractivity contribution is 5.83. The lowest BCUT2D eigenvalue weighted by atomic mass is 10.0. The first-order valence-corrected chi connectivity index (χ1v) is 11.3. The molecule has 0 bridgehead atoms. The summed E-state index contributed by atoms with van der Waals surface area (Å²) in [5, 5.41) is 0. The number of nitrogens with zero attached hydrogens (tertiary/aromatic N) is 5. The molecule has 2 heterocycles. The number of anilines is 1. The molecule has 2 N–H and O–H groups in total. The second-order valence-corrected chi connectivity index (χ2v) is 8.70. The Hall–Kier alpha value is -2.83. The molecule has 6 heteroatoms. The highest BCUT2D eigenvalue weighted by Crippen LogP contribution is 2.31. The lowest BCUT2D eigenvalue weighted by Crippen LogP contribution is -2.47. The average molecular weight is 415 g/mol. The van der Waals surface area contributed by atoms with Gasteiger partial charge in [-0.15, -0.1) is 0 Å². The van der Waals surface area contributed by atoms with Gasteiger partial charge in [0.05, 0.1) is 22.9 Å². The van der Waals surface area contributed by atoms with Crippen LogP contribution in [0.4, 0.5) is 11.5 Å². The van der Waals surface area contributed by atoms with Crippen LogP contribution in [0.15, 0.2) is 47.6 Å². The van der Waals surface area contributed by atoms with Gasteiger partial charge in [-0.25, -0.2) is 4.98 Å². The Kier molecular flexibility index (Phi) is 5.66. The Morgan fingerprint density at radius 2 is 1.77 bits per heavy atom. The summed E-state index contributed by atoms with van der Waals surface area (Å²) >= 11 is 0. The van der Waals surface area contributed by atoms with Gasteiger partial charge in [-0.05, 0) is 73.3 Å². The van der Waals surface area contributed by atoms with E-state index in [4.69, 9.17) is 10.7 Å². The minimum atomic E-state index is 0.602. The number of piperazine rings is 1. The van der Waals surface area contributed by atoms with Crippen molar-refractivity contribution < 1.29 is 0 Å². The molecular weight excluding hydrogens is 384 g/mol. The van der Waals surface area contributed by atoms with Gasteiger partial charge < -0.3 is 10.6 Å². The van der Waals surface area contributed by atoms with Crippen molar-refractivity contribution in [3.8, 4) is 11.1 Å². The van der Waals surface area contributed by atoms with Gasteiger partial charge in [-0.1, -0.05) is 18.2 Å². The van der Waals surface area contributed by atoms with E-state index in [-0.39, 0.29) is 0 Å². The van der Waals surface area contributed by atoms with Crippen LogP contribution in [-0.4, -0.2) is 60.9 Å². The van der Waals surface area contributed by atoms with E-state index in [9.17, 15) is 0 Å². The summed E-state index contributed by atoms with van der Waals surface area (Å²) in [6, 6.07) is 12.6. The number of aromatic nitrogens is 2. The molecule has 2 aliphatic rings. The monoisotopic (exact) mass is 414 g/mol. The zero-order chi connectivity index (χ0) is 21.2. The minimum absolute atomic E-state index is 0.602. The molecule has 0 amide bonds. The second-order valence-electron chi connectivity index (χ2n) is 8.70. The fourth-order valence-corrected chi connectivity index (χ4v) is 4.42. The molecule has 6 nitrogen and oxygen atoms in total. The molecule has 0 spiro atoms. The second kappa shape index (κ2) is 8.73. The Morgan fingerprint density at radius 3 is 2.52 bits per heavy atom. The van der Waals surface area contributed by atoms with Gasteiger partial charge in [-0.2, -0.15) is 0 Å². The first kappa shape index (κ1) is 20.1. The highest BCUT2D eigenvalue weighted by Gasteiger charge is 2.26. The van der Waals surface area contributed by atoms with Gasteiger partial charge in [-0.3, -0.25) is 14.9 Å². The number of hydrogen-bond acceptors (Lipinski definition) is 6. The molecule has 1 saturated carbocycles. The number of hydrogen-bond donors (Lipinski definition) is 1. The van der Waals surface area contributed by atoms with Crippen molar-refractivity contribution >= 4 is 29.3 Å². The van der Waals surface area contributed by atoms with Gasteiger partial charge in [0.15, 0.2) is 0 Å². The fourth-order valence-electron chi connectivity index (χ4n) is 4.42. The summed E-state index contributed by atoms with van der Waals surface area (Å²) < 4.78 is 0. The lowest BCUT2D eigenvalue weighted by Gasteiger charge is -2.35. The molecule has 0 radical (unpaired) electrons. The van der Waals surface area contributed by atoms with E-state index in [1.807, 2.05) is 12.3 Å². The predicted molar refractivity (Wildman–Crippen MR) is 128 cm³/mol. The van der Waals surface area contributed by atoms with Crippen molar-refractivity contribution in [2.24, 2.45) is 16.6 Å². The Labute approximate surface area is 183 Å². The van der Waals surface area contributed by atoms with Crippen LogP contribution in [0.25, 0.3) is 22.2 Å². The molecule has 0 atom stereocenters. The molecule has 2 aromatic carbocycles. The van der Waals surface area contributed by atoms with Crippen LogP contribution in [0.2, 0.25) is 0 Å². The third kappa shape index (κ3) is 4.45. The van der Waals surface area contributed by atoms with Crippen LogP contribution in [-0.2, 0) is 6.42 Å². The number of nitrogens with two attached hydrogens (primary N) is 1. The zero-order valence-electron chi connectivity index (χ0n) is 18.0. The number of rotatable bonds is 7. The normalized spacial score (nSPS) is 17.3. The summed E-state index contributed by atoms with van der Waals surface area (Å²) in [5.74, 6) is 1.93. The molecular formula is C25H30N6. The molecule has 1 aliphatic heterocycles. The summed E-state index contributed by atoms with van der Waals surface area (Å²) in [4.78, 5) is 18.8. The molecule has 1 saturated heterocycles. The standard InChI is InChI=1S/C25H30N6/c1-27-23-14-20(5-4-19(23)8-9-26)21-6-7-22-24(15-21)29-25(16-28-22)31-12-10-30(11-13-31)17-18-2-3-18/h4-7,14-16,18H,1-3,8-13,17,26H2. The zero-order valence-corrected chi connectivity index (χ0v) is 18.0. The van der Waals surface area contributed by atoms with Gasteiger partial charge >= 0.3 is 0 Å². The van der Waals surface area contributed by atoms with Gasteiger partial charge in [0.1, 0.15) is 5.82 Å². The van der Waals surface area contributed by atoms with E-state index in [0.717, 1.165) is 77.7 Å². The largest absolute Gasteiger partial charge is 0.353 e. The average Bonchev–Trinajstić information content (AvgIpc) is 3.63. The third-order valence-corrected chi connectivity index (χ3v) is 6.44. The number of aliphatic imine (C=N–C) groups is 1. The van der Waals surface area contributed by atoms with Crippen molar-refractivity contribution in [2.45, 2.75) is 19.3 Å². The van der Waals surface area contributed by atoms with Gasteiger partial charge in [0.2, 0.25) is 0 Å². The molecule has 2 fully saturated rings. The van der Waals surface area contributed by atoms with E-state index in [0.29, 0.717) is 6.54 Å². The first-order chi connectivity index (χ1) is 15.2. The van der Waals surface area contributed by atoms with E-state index in [2.05, 4.69) is 56.8 Å². The van der Waals surface area contributed by atoms with Crippen LogP contribution in [0, 0.1) is 5.92 Å². The summed E-state index contributed by atoms with van der Waals surface area (Å²) in [7, 11) is 0. The van der Waals surface area contributed by atoms with Crippen molar-refractivity contribution in [2.75, 3.05) is 44.2 Å². The van der Waals surface area contributed by atoms with E-state index >= 15 is 0 Å². The maximum atomic E-state index is 5.72. The van der Waals surface area contributed by atoms with Crippen LogP contribution < -0.4 is 10.6 Å². The number of fused-ring (bicyclic) bond motifs is 1. The maximum absolute atomic E-state index is 5.72. The summed E-state index contributed by atoms with van der Waals surface area (Å²) in [6.45, 7) is 9.86. The molecule has 1 aromatic heterocycles. The predicted octanol–water partition coefficient (Wildman–Crippen LogP) is 3.66. The molecule has 5 rings (SSSR count). The topological polar surface area (TPSA) is 70.6 Å². The highest BCUT2D eigenvalue weighted by atomic mass is 15.3. The fraction of sp³-hybridized carbons (Fsp3) is 0.400. The lowest BCUT2D eigenvalue weighted by molar-refractivity contribution is 0.247. The van der Waals surface area contributed by atoms with Crippen molar-refractivity contribution in [1.82, 2.24) is 14.9 Å². The smallest absolute Gasteiger partial charge is 0.147 e. The Morgan fingerprint density at radius 1 is 1.00 bits per heavy atom. The van der Waals surface area contributed by atoms with Gasteiger partial charge in [0, 0.05) is 32.7 Å². The molecule has 160 valence electrons. The van der Waals surface area contributed by atoms with Crippen molar-refractivity contribution in [3.63, 3.8) is 0 Å². The summed E-state index contributed by atoms with van der Waals surface area (Å²) in [5.41, 5.74) is 11.8. The molecule has 0 unspecified atom stereocenters. The SMILES string of the molecule is C=Nc1cc(-c2ccc3ncc(N4CCN(CC5CC5)CC4)nc3c2)ccc1CCN. The number of benzene rings is 2. The maximum Gasteiger partial charge on any atom is 0.147 e. The van der Waals surface area contributed by atoms with Crippen LogP contribution >= 0.6 is 0 Å². The molecule has 3 aromatic rings. The van der Waals surface area contributed by atoms with Crippen LogP contribution in [0.1, 0.15) is 18.4 Å². The Bertz CT molecular complexity index is 1080. The van der Waals surface area contributed by atoms with Crippen molar-refractivity contribution in [1.29, 1.82) is 0 Å². The van der Waals surface area contributed by atoms with Crippen LogP contribution in [0.5, 0.6) is 0 Å². The van der Waals surface area contributed by atoms with Gasteiger partial charge in [0.25, 0.3) is 0 Å². The molecule has 31 heavy (non-hydrogen) atoms. The minimum Gasteiger partial charge on any atom is -0.353 e. The van der Waals surface area contributed by atoms with E-state index < -0.39 is 0 Å².